The van der Waals surface area contributed by atoms with E-state index in [0.717, 1.165) is 27.7 Å². The van der Waals surface area contributed by atoms with Crippen LogP contribution in [0.2, 0.25) is 5.02 Å². The first-order valence-electron chi connectivity index (χ1n) is 8.97. The van der Waals surface area contributed by atoms with Crippen LogP contribution >= 0.6 is 11.6 Å². The van der Waals surface area contributed by atoms with Crippen molar-refractivity contribution in [1.82, 2.24) is 20.4 Å². The Morgan fingerprint density at radius 3 is 2.89 bits per heavy atom. The third-order valence-electron chi connectivity index (χ3n) is 4.75. The number of aryl methyl sites for hydroxylation is 2. The maximum absolute atomic E-state index is 12.5. The number of benzene rings is 2. The van der Waals surface area contributed by atoms with Crippen molar-refractivity contribution < 1.29 is 9.32 Å². The highest BCUT2D eigenvalue weighted by molar-refractivity contribution is 6.30. The molecule has 2 aromatic carbocycles. The van der Waals surface area contributed by atoms with Crippen molar-refractivity contribution >= 4 is 28.4 Å². The average molecular weight is 395 g/mol. The van der Waals surface area contributed by atoms with Crippen molar-refractivity contribution in [2.75, 3.05) is 6.54 Å². The van der Waals surface area contributed by atoms with Crippen molar-refractivity contribution in [3.63, 3.8) is 0 Å². The summed E-state index contributed by atoms with van der Waals surface area (Å²) in [6.07, 6.45) is 0.448. The molecule has 28 heavy (non-hydrogen) atoms. The molecule has 1 amide bonds. The molecule has 7 heteroatoms. The van der Waals surface area contributed by atoms with E-state index in [-0.39, 0.29) is 5.91 Å². The molecule has 0 aliphatic carbocycles. The van der Waals surface area contributed by atoms with E-state index in [1.54, 1.807) is 12.1 Å². The van der Waals surface area contributed by atoms with Crippen molar-refractivity contribution in [3.05, 3.63) is 70.2 Å². The van der Waals surface area contributed by atoms with Gasteiger partial charge in [-0.2, -0.15) is 4.98 Å². The number of carbonyl (C=O) groups is 1. The Hall–Kier alpha value is -3.12. The van der Waals surface area contributed by atoms with E-state index in [1.165, 1.54) is 0 Å². The van der Waals surface area contributed by atoms with Gasteiger partial charge in [-0.3, -0.25) is 4.79 Å². The van der Waals surface area contributed by atoms with E-state index in [4.69, 9.17) is 16.1 Å². The molecular weight excluding hydrogens is 376 g/mol. The average Bonchev–Trinajstić information content (AvgIpc) is 3.26. The largest absolute Gasteiger partial charge is 0.358 e. The predicted molar refractivity (Wildman–Crippen MR) is 109 cm³/mol. The predicted octanol–water partition coefficient (Wildman–Crippen LogP) is 4.46. The van der Waals surface area contributed by atoms with Gasteiger partial charge in [0.1, 0.15) is 0 Å². The highest BCUT2D eigenvalue weighted by atomic mass is 35.5. The molecule has 0 bridgehead atoms. The molecule has 2 N–H and O–H groups in total. The summed E-state index contributed by atoms with van der Waals surface area (Å²) in [6.45, 7) is 4.47. The lowest BCUT2D eigenvalue weighted by molar-refractivity contribution is 0.0953. The Labute approximate surface area is 166 Å². The summed E-state index contributed by atoms with van der Waals surface area (Å²) in [5, 5.41) is 8.54. The molecule has 0 aliphatic heterocycles. The van der Waals surface area contributed by atoms with E-state index in [9.17, 15) is 4.79 Å². The van der Waals surface area contributed by atoms with Gasteiger partial charge in [0, 0.05) is 45.7 Å². The fraction of sp³-hybridized carbons (Fsp3) is 0.190. The van der Waals surface area contributed by atoms with Crippen LogP contribution in [0.15, 0.2) is 47.0 Å². The molecule has 0 saturated carbocycles. The number of amides is 1. The second kappa shape index (κ2) is 7.48. The van der Waals surface area contributed by atoms with Gasteiger partial charge < -0.3 is 14.8 Å². The first-order valence-corrected chi connectivity index (χ1v) is 9.35. The Kier molecular flexibility index (Phi) is 4.88. The van der Waals surface area contributed by atoms with Crippen LogP contribution in [0.25, 0.3) is 22.3 Å². The first kappa shape index (κ1) is 18.3. The number of hydrogen-bond donors (Lipinski definition) is 2. The second-order valence-corrected chi connectivity index (χ2v) is 7.10. The number of rotatable bonds is 5. The lowest BCUT2D eigenvalue weighted by Crippen LogP contribution is -2.25. The van der Waals surface area contributed by atoms with Crippen molar-refractivity contribution in [2.45, 2.75) is 20.3 Å². The molecule has 142 valence electrons. The van der Waals surface area contributed by atoms with Gasteiger partial charge in [0.05, 0.1) is 0 Å². The van der Waals surface area contributed by atoms with E-state index in [1.807, 2.05) is 44.2 Å². The van der Waals surface area contributed by atoms with E-state index >= 15 is 0 Å². The van der Waals surface area contributed by atoms with Crippen LogP contribution in [0.1, 0.15) is 27.5 Å². The van der Waals surface area contributed by atoms with Crippen molar-refractivity contribution in [2.24, 2.45) is 0 Å². The molecular formula is C21H19ClN4O2. The second-order valence-electron chi connectivity index (χ2n) is 6.66. The molecule has 4 aromatic rings. The molecule has 0 aliphatic rings. The lowest BCUT2D eigenvalue weighted by atomic mass is 10.1. The molecule has 0 spiro atoms. The monoisotopic (exact) mass is 394 g/mol. The number of aromatic nitrogens is 3. The first-order chi connectivity index (χ1) is 13.5. The zero-order valence-corrected chi connectivity index (χ0v) is 16.3. The van der Waals surface area contributed by atoms with Crippen LogP contribution in [0.3, 0.4) is 0 Å². The molecule has 4 rings (SSSR count). The Bertz CT molecular complexity index is 1160. The standard InChI is InChI=1S/C21H19ClN4O2/c1-12-13(2)24-18-7-6-15(11-17(12)18)21(27)23-9-8-19-25-20(26-28-19)14-4-3-5-16(22)10-14/h3-7,10-11,24H,8-9H2,1-2H3,(H,23,27). The fourth-order valence-electron chi connectivity index (χ4n) is 3.09. The third kappa shape index (κ3) is 3.64. The SMILES string of the molecule is Cc1[nH]c2ccc(C(=O)NCCc3nc(-c4cccc(Cl)c4)no3)cc2c1C. The number of fused-ring (bicyclic) bond motifs is 1. The quantitative estimate of drug-likeness (QED) is 0.523. The number of H-pyrrole nitrogens is 1. The minimum Gasteiger partial charge on any atom is -0.358 e. The Morgan fingerprint density at radius 1 is 1.21 bits per heavy atom. The van der Waals surface area contributed by atoms with Crippen LogP contribution in [0, 0.1) is 13.8 Å². The fourth-order valence-corrected chi connectivity index (χ4v) is 3.28. The summed E-state index contributed by atoms with van der Waals surface area (Å²) in [7, 11) is 0. The van der Waals surface area contributed by atoms with Crippen LogP contribution in [-0.4, -0.2) is 27.6 Å². The van der Waals surface area contributed by atoms with E-state index in [2.05, 4.69) is 20.4 Å². The smallest absolute Gasteiger partial charge is 0.251 e. The number of nitrogens with one attached hydrogen (secondary N) is 2. The van der Waals surface area contributed by atoms with Crippen LogP contribution in [0.5, 0.6) is 0 Å². The van der Waals surface area contributed by atoms with Crippen molar-refractivity contribution in [1.29, 1.82) is 0 Å². The topological polar surface area (TPSA) is 83.8 Å². The minimum absolute atomic E-state index is 0.130. The summed E-state index contributed by atoms with van der Waals surface area (Å²) in [4.78, 5) is 20.1. The van der Waals surface area contributed by atoms with Gasteiger partial charge in [-0.05, 0) is 49.7 Å². The molecule has 2 heterocycles. The molecule has 0 fully saturated rings. The molecule has 6 nitrogen and oxygen atoms in total. The zero-order valence-electron chi connectivity index (χ0n) is 15.5. The van der Waals surface area contributed by atoms with Gasteiger partial charge in [-0.15, -0.1) is 0 Å². The van der Waals surface area contributed by atoms with Crippen LogP contribution in [-0.2, 0) is 6.42 Å². The van der Waals surface area contributed by atoms with Crippen LogP contribution in [0.4, 0.5) is 0 Å². The highest BCUT2D eigenvalue weighted by Gasteiger charge is 2.12. The normalized spacial score (nSPS) is 11.1. The van der Waals surface area contributed by atoms with Crippen molar-refractivity contribution in [3.8, 4) is 11.4 Å². The van der Waals surface area contributed by atoms with Gasteiger partial charge in [-0.1, -0.05) is 28.9 Å². The molecule has 2 aromatic heterocycles. The third-order valence-corrected chi connectivity index (χ3v) is 4.98. The molecule has 0 atom stereocenters. The summed E-state index contributed by atoms with van der Waals surface area (Å²) in [5.41, 5.74) is 4.71. The highest BCUT2D eigenvalue weighted by Crippen LogP contribution is 2.22. The minimum atomic E-state index is -0.130. The molecule has 0 unspecified atom stereocenters. The lowest BCUT2D eigenvalue weighted by Gasteiger charge is -2.04. The number of hydrogen-bond acceptors (Lipinski definition) is 4. The number of halogens is 1. The maximum Gasteiger partial charge on any atom is 0.251 e. The Morgan fingerprint density at radius 2 is 2.07 bits per heavy atom. The Balaban J connectivity index is 1.39. The summed E-state index contributed by atoms with van der Waals surface area (Å²) in [5.74, 6) is 0.810. The van der Waals surface area contributed by atoms with E-state index in [0.29, 0.717) is 35.3 Å². The van der Waals surface area contributed by atoms with Gasteiger partial charge in [0.2, 0.25) is 11.7 Å². The van der Waals surface area contributed by atoms with E-state index < -0.39 is 0 Å². The van der Waals surface area contributed by atoms with Gasteiger partial charge >= 0.3 is 0 Å². The summed E-state index contributed by atoms with van der Waals surface area (Å²) >= 11 is 5.99. The number of aromatic amines is 1. The van der Waals surface area contributed by atoms with Crippen LogP contribution < -0.4 is 5.32 Å². The van der Waals surface area contributed by atoms with Gasteiger partial charge in [0.15, 0.2) is 0 Å². The maximum atomic E-state index is 12.5. The number of carbonyl (C=O) groups excluding carboxylic acids is 1. The molecule has 0 saturated heterocycles. The zero-order chi connectivity index (χ0) is 19.7. The summed E-state index contributed by atoms with van der Waals surface area (Å²) in [6, 6.07) is 12.9. The summed E-state index contributed by atoms with van der Waals surface area (Å²) < 4.78 is 5.26. The molecule has 0 radical (unpaired) electrons. The van der Waals surface area contributed by atoms with Gasteiger partial charge in [0.25, 0.3) is 5.91 Å². The number of nitrogens with zero attached hydrogens (tertiary/aromatic N) is 2. The van der Waals surface area contributed by atoms with Gasteiger partial charge in [-0.25, -0.2) is 0 Å².